The number of carbonyl (C=O) groups excluding carboxylic acids is 2. The van der Waals surface area contributed by atoms with Gasteiger partial charge in [0.2, 0.25) is 11.8 Å². The lowest BCUT2D eigenvalue weighted by molar-refractivity contribution is -0.128. The van der Waals surface area contributed by atoms with E-state index in [9.17, 15) is 9.59 Å². The highest BCUT2D eigenvalue weighted by Crippen LogP contribution is 2.29. The highest BCUT2D eigenvalue weighted by atomic mass is 16.2. The van der Waals surface area contributed by atoms with Crippen LogP contribution in [0.15, 0.2) is 42.5 Å². The smallest absolute Gasteiger partial charge is 0.240 e. The fraction of sp³-hybridized carbons (Fsp3) is 0.294. The maximum Gasteiger partial charge on any atom is 0.240 e. The Morgan fingerprint density at radius 3 is 2.57 bits per heavy atom. The Morgan fingerprint density at radius 2 is 1.86 bits per heavy atom. The van der Waals surface area contributed by atoms with E-state index in [1.807, 2.05) is 42.5 Å². The Bertz CT molecular complexity index is 687. The van der Waals surface area contributed by atoms with E-state index in [0.29, 0.717) is 6.42 Å². The van der Waals surface area contributed by atoms with E-state index in [0.717, 1.165) is 29.2 Å². The highest BCUT2D eigenvalue weighted by Gasteiger charge is 2.32. The van der Waals surface area contributed by atoms with Gasteiger partial charge >= 0.3 is 0 Å². The van der Waals surface area contributed by atoms with Crippen molar-refractivity contribution in [3.8, 4) is 0 Å². The number of hydrogen-bond acceptors (Lipinski definition) is 2. The van der Waals surface area contributed by atoms with Crippen molar-refractivity contribution in [1.29, 1.82) is 0 Å². The van der Waals surface area contributed by atoms with Crippen LogP contribution in [0.5, 0.6) is 0 Å². The molecule has 0 spiro atoms. The molecule has 3 rings (SSSR count). The van der Waals surface area contributed by atoms with Gasteiger partial charge in [0.15, 0.2) is 0 Å². The van der Waals surface area contributed by atoms with E-state index in [1.165, 1.54) is 0 Å². The molecule has 108 valence electrons. The Labute approximate surface area is 123 Å². The number of carbonyl (C=O) groups is 2. The monoisotopic (exact) mass is 282 g/mol. The standard InChI is InChI=1S/C17H18N2O2/c18-16(20)15(19-17(21)12-8-9-12)10-13-6-3-5-11-4-1-2-7-14(11)13/h1-7,12,15H,8-10H2,(H2,18,20)(H,19,21)/t15-/m1/s1. The van der Waals surface area contributed by atoms with E-state index >= 15 is 0 Å². The van der Waals surface area contributed by atoms with E-state index in [1.54, 1.807) is 0 Å². The number of nitrogens with one attached hydrogen (secondary N) is 1. The van der Waals surface area contributed by atoms with Crippen molar-refractivity contribution in [2.45, 2.75) is 25.3 Å². The van der Waals surface area contributed by atoms with Crippen LogP contribution in [0, 0.1) is 5.92 Å². The van der Waals surface area contributed by atoms with Gasteiger partial charge in [-0.15, -0.1) is 0 Å². The molecule has 3 N–H and O–H groups in total. The van der Waals surface area contributed by atoms with Gasteiger partial charge in [-0.1, -0.05) is 42.5 Å². The van der Waals surface area contributed by atoms with Crippen LogP contribution in [0.4, 0.5) is 0 Å². The van der Waals surface area contributed by atoms with Crippen LogP contribution in [-0.4, -0.2) is 17.9 Å². The molecule has 1 fully saturated rings. The van der Waals surface area contributed by atoms with Gasteiger partial charge in [0, 0.05) is 12.3 Å². The van der Waals surface area contributed by atoms with Gasteiger partial charge in [-0.25, -0.2) is 0 Å². The molecule has 4 heteroatoms. The summed E-state index contributed by atoms with van der Waals surface area (Å²) >= 11 is 0. The van der Waals surface area contributed by atoms with Crippen molar-refractivity contribution in [3.63, 3.8) is 0 Å². The van der Waals surface area contributed by atoms with Crippen molar-refractivity contribution in [2.75, 3.05) is 0 Å². The second-order valence-electron chi connectivity index (χ2n) is 5.58. The maximum absolute atomic E-state index is 11.9. The molecule has 0 unspecified atom stereocenters. The number of benzene rings is 2. The first kappa shape index (κ1) is 13.6. The average Bonchev–Trinajstić information content (AvgIpc) is 3.31. The minimum absolute atomic E-state index is 0.0564. The third kappa shape index (κ3) is 3.05. The molecule has 0 saturated heterocycles. The van der Waals surface area contributed by atoms with Gasteiger partial charge in [0.05, 0.1) is 0 Å². The fourth-order valence-electron chi connectivity index (χ4n) is 2.55. The van der Waals surface area contributed by atoms with Gasteiger partial charge in [-0.05, 0) is 29.2 Å². The van der Waals surface area contributed by atoms with Crippen molar-refractivity contribution in [1.82, 2.24) is 5.32 Å². The largest absolute Gasteiger partial charge is 0.368 e. The minimum atomic E-state index is -0.649. The van der Waals surface area contributed by atoms with Crippen molar-refractivity contribution in [2.24, 2.45) is 11.7 Å². The van der Waals surface area contributed by atoms with Gasteiger partial charge in [0.25, 0.3) is 0 Å². The molecule has 2 amide bonds. The molecular formula is C17H18N2O2. The summed E-state index contributed by atoms with van der Waals surface area (Å²) in [5.41, 5.74) is 6.47. The van der Waals surface area contributed by atoms with Crippen molar-refractivity contribution >= 4 is 22.6 Å². The first-order valence-electron chi connectivity index (χ1n) is 7.21. The molecular weight excluding hydrogens is 264 g/mol. The Balaban J connectivity index is 1.83. The highest BCUT2D eigenvalue weighted by molar-refractivity contribution is 5.90. The Hall–Kier alpha value is -2.36. The van der Waals surface area contributed by atoms with Crippen LogP contribution in [-0.2, 0) is 16.0 Å². The van der Waals surface area contributed by atoms with Crippen molar-refractivity contribution in [3.05, 3.63) is 48.0 Å². The number of primary amides is 1. The van der Waals surface area contributed by atoms with Crippen LogP contribution in [0.3, 0.4) is 0 Å². The molecule has 21 heavy (non-hydrogen) atoms. The zero-order valence-corrected chi connectivity index (χ0v) is 11.7. The lowest BCUT2D eigenvalue weighted by atomic mass is 9.98. The SMILES string of the molecule is NC(=O)[C@@H](Cc1cccc2ccccc12)NC(=O)C1CC1. The predicted octanol–water partition coefficient (Wildman–Crippen LogP) is 1.76. The summed E-state index contributed by atoms with van der Waals surface area (Å²) < 4.78 is 0. The van der Waals surface area contributed by atoms with Crippen LogP contribution < -0.4 is 11.1 Å². The first-order chi connectivity index (χ1) is 10.1. The molecule has 0 aromatic heterocycles. The van der Waals surface area contributed by atoms with Crippen LogP contribution >= 0.6 is 0 Å². The second-order valence-corrected chi connectivity index (χ2v) is 5.58. The lowest BCUT2D eigenvalue weighted by Crippen LogP contribution is -2.46. The number of amides is 2. The summed E-state index contributed by atoms with van der Waals surface area (Å²) in [7, 11) is 0. The summed E-state index contributed by atoms with van der Waals surface area (Å²) in [6.45, 7) is 0. The van der Waals surface area contributed by atoms with Crippen LogP contribution in [0.1, 0.15) is 18.4 Å². The molecule has 1 aliphatic rings. The molecule has 0 bridgehead atoms. The summed E-state index contributed by atoms with van der Waals surface area (Å²) in [5.74, 6) is -0.477. The zero-order chi connectivity index (χ0) is 14.8. The molecule has 1 saturated carbocycles. The summed E-state index contributed by atoms with van der Waals surface area (Å²) in [6.07, 6.45) is 2.24. The summed E-state index contributed by atoms with van der Waals surface area (Å²) in [6, 6.07) is 13.3. The maximum atomic E-state index is 11.9. The molecule has 1 aliphatic carbocycles. The quantitative estimate of drug-likeness (QED) is 0.877. The van der Waals surface area contributed by atoms with Gasteiger partial charge in [-0.3, -0.25) is 9.59 Å². The number of nitrogens with two attached hydrogens (primary N) is 1. The Morgan fingerprint density at radius 1 is 1.14 bits per heavy atom. The fourth-order valence-corrected chi connectivity index (χ4v) is 2.55. The Kier molecular flexibility index (Phi) is 3.60. The van der Waals surface area contributed by atoms with Crippen LogP contribution in [0.25, 0.3) is 10.8 Å². The van der Waals surface area contributed by atoms with E-state index in [4.69, 9.17) is 5.73 Å². The molecule has 0 heterocycles. The van der Waals surface area contributed by atoms with Gasteiger partial charge in [0.1, 0.15) is 6.04 Å². The zero-order valence-electron chi connectivity index (χ0n) is 11.7. The van der Waals surface area contributed by atoms with Gasteiger partial charge < -0.3 is 11.1 Å². The lowest BCUT2D eigenvalue weighted by Gasteiger charge is -2.16. The molecule has 0 radical (unpaired) electrons. The van der Waals surface area contributed by atoms with Crippen LogP contribution in [0.2, 0.25) is 0 Å². The molecule has 2 aromatic rings. The third-order valence-corrected chi connectivity index (χ3v) is 3.91. The first-order valence-corrected chi connectivity index (χ1v) is 7.21. The van der Waals surface area contributed by atoms with Gasteiger partial charge in [-0.2, -0.15) is 0 Å². The minimum Gasteiger partial charge on any atom is -0.368 e. The van der Waals surface area contributed by atoms with Crippen molar-refractivity contribution < 1.29 is 9.59 Å². The van der Waals surface area contributed by atoms with E-state index < -0.39 is 11.9 Å². The number of hydrogen-bond donors (Lipinski definition) is 2. The predicted molar refractivity (Wildman–Crippen MR) is 81.5 cm³/mol. The topological polar surface area (TPSA) is 72.2 Å². The van der Waals surface area contributed by atoms with E-state index in [-0.39, 0.29) is 11.8 Å². The third-order valence-electron chi connectivity index (χ3n) is 3.91. The molecule has 4 nitrogen and oxygen atoms in total. The summed E-state index contributed by atoms with van der Waals surface area (Å²) in [5, 5.41) is 4.99. The molecule has 1 atom stereocenters. The molecule has 2 aromatic carbocycles. The molecule has 0 aliphatic heterocycles. The average molecular weight is 282 g/mol. The number of rotatable bonds is 5. The normalized spacial score (nSPS) is 15.6. The summed E-state index contributed by atoms with van der Waals surface area (Å²) in [4.78, 5) is 23.5. The van der Waals surface area contributed by atoms with E-state index in [2.05, 4.69) is 5.32 Å². The number of fused-ring (bicyclic) bond motifs is 1. The second kappa shape index (κ2) is 5.56.